The first kappa shape index (κ1) is 18.4. The number of benzene rings is 2. The van der Waals surface area contributed by atoms with Gasteiger partial charge in [-0.1, -0.05) is 66.7 Å². The molecule has 3 heteroatoms. The molecule has 2 aromatic carbocycles. The molecule has 0 amide bonds. The highest BCUT2D eigenvalue weighted by molar-refractivity contribution is 5.78. The van der Waals surface area contributed by atoms with Crippen molar-refractivity contribution < 1.29 is 9.53 Å². The third-order valence-corrected chi connectivity index (χ3v) is 5.38. The molecule has 0 aromatic heterocycles. The quantitative estimate of drug-likeness (QED) is 0.516. The summed E-state index contributed by atoms with van der Waals surface area (Å²) in [6.07, 6.45) is 4.17. The van der Waals surface area contributed by atoms with Gasteiger partial charge in [0.05, 0.1) is 12.5 Å². The van der Waals surface area contributed by atoms with Crippen LogP contribution in [0.25, 0.3) is 0 Å². The molecule has 0 heterocycles. The van der Waals surface area contributed by atoms with Crippen molar-refractivity contribution in [2.75, 3.05) is 7.11 Å². The average Bonchev–Trinajstić information content (AvgIpc) is 2.65. The Morgan fingerprint density at radius 2 is 1.58 bits per heavy atom. The van der Waals surface area contributed by atoms with Gasteiger partial charge in [-0.25, -0.2) is 0 Å². The van der Waals surface area contributed by atoms with E-state index in [9.17, 15) is 4.79 Å². The van der Waals surface area contributed by atoms with Crippen LogP contribution < -0.4 is 0 Å². The van der Waals surface area contributed by atoms with Crippen LogP contribution in [0.4, 0.5) is 0 Å². The van der Waals surface area contributed by atoms with Gasteiger partial charge in [0.1, 0.15) is 0 Å². The van der Waals surface area contributed by atoms with Crippen LogP contribution >= 0.6 is 0 Å². The number of allylic oxidation sites excluding steroid dienone is 1. The van der Waals surface area contributed by atoms with E-state index in [4.69, 9.17) is 4.74 Å². The molecular formula is C23H27NO2. The lowest BCUT2D eigenvalue weighted by Crippen LogP contribution is -2.54. The van der Waals surface area contributed by atoms with E-state index in [1.165, 1.54) is 18.2 Å². The van der Waals surface area contributed by atoms with Gasteiger partial charge in [0, 0.05) is 19.1 Å². The first-order valence-corrected chi connectivity index (χ1v) is 9.18. The third kappa shape index (κ3) is 4.05. The summed E-state index contributed by atoms with van der Waals surface area (Å²) >= 11 is 0. The SMILES string of the molecule is C=CCC1(C(=O)OC)CC(N(Cc2ccccc2)Cc2ccccc2)C1. The fraction of sp³-hybridized carbons (Fsp3) is 0.348. The number of esters is 1. The fourth-order valence-electron chi connectivity index (χ4n) is 3.96. The summed E-state index contributed by atoms with van der Waals surface area (Å²) in [5.74, 6) is -0.104. The number of hydrogen-bond acceptors (Lipinski definition) is 3. The summed E-state index contributed by atoms with van der Waals surface area (Å²) in [4.78, 5) is 14.8. The predicted octanol–water partition coefficient (Wildman–Crippen LogP) is 4.59. The number of carbonyl (C=O) groups is 1. The van der Waals surface area contributed by atoms with Crippen molar-refractivity contribution in [3.8, 4) is 0 Å². The minimum Gasteiger partial charge on any atom is -0.469 e. The van der Waals surface area contributed by atoms with Crippen LogP contribution in [0.15, 0.2) is 73.3 Å². The molecular weight excluding hydrogens is 322 g/mol. The molecule has 1 saturated carbocycles. The van der Waals surface area contributed by atoms with Gasteiger partial charge in [0.2, 0.25) is 0 Å². The highest BCUT2D eigenvalue weighted by Crippen LogP contribution is 2.48. The number of hydrogen-bond donors (Lipinski definition) is 0. The average molecular weight is 349 g/mol. The highest BCUT2D eigenvalue weighted by Gasteiger charge is 2.51. The molecule has 26 heavy (non-hydrogen) atoms. The lowest BCUT2D eigenvalue weighted by Gasteiger charge is -2.49. The maximum Gasteiger partial charge on any atom is 0.312 e. The van der Waals surface area contributed by atoms with Crippen molar-refractivity contribution in [3.05, 3.63) is 84.4 Å². The molecule has 0 bridgehead atoms. The maximum atomic E-state index is 12.3. The van der Waals surface area contributed by atoms with Crippen LogP contribution in [0.2, 0.25) is 0 Å². The standard InChI is InChI=1S/C23H27NO2/c1-3-14-23(22(25)26-2)15-21(16-23)24(17-19-10-6-4-7-11-19)18-20-12-8-5-9-13-20/h3-13,21H,1,14-18H2,2H3. The zero-order valence-corrected chi connectivity index (χ0v) is 15.4. The third-order valence-electron chi connectivity index (χ3n) is 5.38. The zero-order valence-electron chi connectivity index (χ0n) is 15.4. The Kier molecular flexibility index (Phi) is 5.89. The summed E-state index contributed by atoms with van der Waals surface area (Å²) in [6, 6.07) is 21.4. The van der Waals surface area contributed by atoms with Gasteiger partial charge in [0.15, 0.2) is 0 Å². The van der Waals surface area contributed by atoms with Gasteiger partial charge in [-0.15, -0.1) is 6.58 Å². The molecule has 1 aliphatic carbocycles. The van der Waals surface area contributed by atoms with Crippen molar-refractivity contribution in [1.82, 2.24) is 4.90 Å². The molecule has 0 unspecified atom stereocenters. The largest absolute Gasteiger partial charge is 0.469 e. The molecule has 3 nitrogen and oxygen atoms in total. The Morgan fingerprint density at radius 1 is 1.08 bits per heavy atom. The fourth-order valence-corrected chi connectivity index (χ4v) is 3.96. The second-order valence-corrected chi connectivity index (χ2v) is 7.20. The van der Waals surface area contributed by atoms with Gasteiger partial charge >= 0.3 is 5.97 Å². The van der Waals surface area contributed by atoms with E-state index < -0.39 is 5.41 Å². The van der Waals surface area contributed by atoms with Crippen LogP contribution in [0.1, 0.15) is 30.4 Å². The normalized spacial score (nSPS) is 21.8. The smallest absolute Gasteiger partial charge is 0.312 e. The van der Waals surface area contributed by atoms with Crippen LogP contribution in [-0.2, 0) is 22.6 Å². The Hall–Kier alpha value is -2.39. The molecule has 0 atom stereocenters. The van der Waals surface area contributed by atoms with Crippen molar-refractivity contribution in [3.63, 3.8) is 0 Å². The number of carbonyl (C=O) groups excluding carboxylic acids is 1. The minimum atomic E-state index is -0.396. The number of nitrogens with zero attached hydrogens (tertiary/aromatic N) is 1. The zero-order chi connectivity index (χ0) is 18.4. The molecule has 136 valence electrons. The van der Waals surface area contributed by atoms with E-state index in [1.54, 1.807) is 0 Å². The summed E-state index contributed by atoms with van der Waals surface area (Å²) in [6.45, 7) is 5.59. The summed E-state index contributed by atoms with van der Waals surface area (Å²) < 4.78 is 5.07. The van der Waals surface area contributed by atoms with Crippen LogP contribution in [0.3, 0.4) is 0 Å². The van der Waals surface area contributed by atoms with E-state index in [1.807, 2.05) is 18.2 Å². The van der Waals surface area contributed by atoms with Gasteiger partial charge in [0.25, 0.3) is 0 Å². The topological polar surface area (TPSA) is 29.5 Å². The second-order valence-electron chi connectivity index (χ2n) is 7.20. The molecule has 0 aliphatic heterocycles. The Bertz CT molecular complexity index is 679. The van der Waals surface area contributed by atoms with Crippen molar-refractivity contribution >= 4 is 5.97 Å². The van der Waals surface area contributed by atoms with Gasteiger partial charge < -0.3 is 4.74 Å². The highest BCUT2D eigenvalue weighted by atomic mass is 16.5. The van der Waals surface area contributed by atoms with Gasteiger partial charge in [-0.3, -0.25) is 9.69 Å². The minimum absolute atomic E-state index is 0.104. The molecule has 1 fully saturated rings. The monoisotopic (exact) mass is 349 g/mol. The first-order chi connectivity index (χ1) is 12.7. The molecule has 0 spiro atoms. The Morgan fingerprint density at radius 3 is 2.00 bits per heavy atom. The summed E-state index contributed by atoms with van der Waals surface area (Å²) in [5, 5.41) is 0. The maximum absolute atomic E-state index is 12.3. The predicted molar refractivity (Wildman–Crippen MR) is 104 cm³/mol. The van der Waals surface area contributed by atoms with Crippen LogP contribution in [-0.4, -0.2) is 24.0 Å². The van der Waals surface area contributed by atoms with Gasteiger partial charge in [-0.05, 0) is 30.4 Å². The van der Waals surface area contributed by atoms with Crippen LogP contribution in [0, 0.1) is 5.41 Å². The molecule has 3 rings (SSSR count). The Labute approximate surface area is 156 Å². The summed E-state index contributed by atoms with van der Waals surface area (Å²) in [7, 11) is 1.48. The number of ether oxygens (including phenoxy) is 1. The number of methoxy groups -OCH3 is 1. The molecule has 1 aliphatic rings. The van der Waals surface area contributed by atoms with E-state index in [0.717, 1.165) is 25.9 Å². The second kappa shape index (κ2) is 8.33. The van der Waals surface area contributed by atoms with Crippen molar-refractivity contribution in [2.45, 2.75) is 38.4 Å². The van der Waals surface area contributed by atoms with Crippen LogP contribution in [0.5, 0.6) is 0 Å². The molecule has 0 radical (unpaired) electrons. The van der Waals surface area contributed by atoms with E-state index in [-0.39, 0.29) is 5.97 Å². The van der Waals surface area contributed by atoms with E-state index in [0.29, 0.717) is 12.5 Å². The lowest BCUT2D eigenvalue weighted by molar-refractivity contribution is -0.163. The molecule has 0 saturated heterocycles. The van der Waals surface area contributed by atoms with Crippen molar-refractivity contribution in [1.29, 1.82) is 0 Å². The Balaban J connectivity index is 1.75. The number of rotatable bonds is 8. The van der Waals surface area contributed by atoms with Gasteiger partial charge in [-0.2, -0.15) is 0 Å². The molecule has 0 N–H and O–H groups in total. The van der Waals surface area contributed by atoms with Crippen molar-refractivity contribution in [2.24, 2.45) is 5.41 Å². The molecule has 2 aromatic rings. The van der Waals surface area contributed by atoms with E-state index in [2.05, 4.69) is 60.0 Å². The summed E-state index contributed by atoms with van der Waals surface area (Å²) in [5.41, 5.74) is 2.19. The van der Waals surface area contributed by atoms with E-state index >= 15 is 0 Å². The first-order valence-electron chi connectivity index (χ1n) is 9.18. The lowest BCUT2D eigenvalue weighted by atomic mass is 9.63.